The zero-order valence-electron chi connectivity index (χ0n) is 20.2. The Morgan fingerprint density at radius 1 is 0.943 bits per heavy atom. The maximum atomic E-state index is 11.8. The minimum Gasteiger partial charge on any atom is -0.478 e. The van der Waals surface area contributed by atoms with E-state index in [2.05, 4.69) is 85.0 Å². The van der Waals surface area contributed by atoms with Crippen molar-refractivity contribution in [1.82, 2.24) is 5.32 Å². The van der Waals surface area contributed by atoms with E-state index < -0.39 is 5.97 Å². The molecule has 1 aliphatic carbocycles. The van der Waals surface area contributed by atoms with Gasteiger partial charge in [-0.1, -0.05) is 78.9 Å². The SMILES string of the molecule is Cc1c(C(=O)O)cccc1C1CC(CN[C@H](C)c2cccc3ccccc23)Cc2ccccc21.Cl. The second-order valence-electron chi connectivity index (χ2n) is 9.58. The van der Waals surface area contributed by atoms with Crippen LogP contribution in [0.4, 0.5) is 0 Å². The standard InChI is InChI=1S/C31H31NO2.ClH/c1-20-25(14-8-15-26(20)31(33)34)30-18-22(17-24-10-4-6-13-29(24)30)19-32-21(2)27-16-7-11-23-9-3-5-12-28(23)27;/h3-16,21-22,30,32H,17-19H2,1-2H3,(H,33,34);1H/t21-,22?,30?;/m1./s1. The third-order valence-electron chi connectivity index (χ3n) is 7.49. The minimum atomic E-state index is -0.856. The third-order valence-corrected chi connectivity index (χ3v) is 7.49. The van der Waals surface area contributed by atoms with Gasteiger partial charge in [0.2, 0.25) is 0 Å². The van der Waals surface area contributed by atoms with Gasteiger partial charge in [-0.2, -0.15) is 0 Å². The number of carboxylic acids is 1. The normalized spacial score (nSPS) is 17.9. The summed E-state index contributed by atoms with van der Waals surface area (Å²) in [5.41, 5.74) is 6.47. The van der Waals surface area contributed by atoms with Crippen molar-refractivity contribution >= 4 is 29.1 Å². The van der Waals surface area contributed by atoms with Crippen LogP contribution >= 0.6 is 12.4 Å². The van der Waals surface area contributed by atoms with Gasteiger partial charge in [0.05, 0.1) is 5.56 Å². The zero-order chi connectivity index (χ0) is 23.7. The maximum Gasteiger partial charge on any atom is 0.335 e. The molecule has 4 aromatic carbocycles. The second kappa shape index (κ2) is 10.6. The molecule has 35 heavy (non-hydrogen) atoms. The first-order valence-corrected chi connectivity index (χ1v) is 12.1. The van der Waals surface area contributed by atoms with Gasteiger partial charge in [0.1, 0.15) is 0 Å². The van der Waals surface area contributed by atoms with Gasteiger partial charge >= 0.3 is 5.97 Å². The van der Waals surface area contributed by atoms with Crippen LogP contribution in [0.3, 0.4) is 0 Å². The number of fused-ring (bicyclic) bond motifs is 2. The predicted octanol–water partition coefficient (Wildman–Crippen LogP) is 7.31. The van der Waals surface area contributed by atoms with Crippen LogP contribution in [0.1, 0.15) is 63.5 Å². The summed E-state index contributed by atoms with van der Waals surface area (Å²) in [7, 11) is 0. The molecule has 0 bridgehead atoms. The van der Waals surface area contributed by atoms with Crippen LogP contribution in [0, 0.1) is 12.8 Å². The van der Waals surface area contributed by atoms with Crippen LogP contribution in [-0.4, -0.2) is 17.6 Å². The number of carboxylic acid groups (broad SMARTS) is 1. The molecule has 2 unspecified atom stereocenters. The monoisotopic (exact) mass is 485 g/mol. The van der Waals surface area contributed by atoms with E-state index >= 15 is 0 Å². The zero-order valence-corrected chi connectivity index (χ0v) is 21.0. The predicted molar refractivity (Wildman–Crippen MR) is 146 cm³/mol. The van der Waals surface area contributed by atoms with Crippen molar-refractivity contribution in [3.63, 3.8) is 0 Å². The van der Waals surface area contributed by atoms with Gasteiger partial charge in [0.15, 0.2) is 0 Å². The van der Waals surface area contributed by atoms with E-state index in [-0.39, 0.29) is 24.4 Å². The van der Waals surface area contributed by atoms with Crippen LogP contribution in [0.5, 0.6) is 0 Å². The first-order chi connectivity index (χ1) is 16.5. The Labute approximate surface area is 213 Å². The van der Waals surface area contributed by atoms with Crippen LogP contribution in [0.2, 0.25) is 0 Å². The molecule has 4 heteroatoms. The van der Waals surface area contributed by atoms with Crippen molar-refractivity contribution in [2.75, 3.05) is 6.54 Å². The Balaban J connectivity index is 0.00000289. The first kappa shape index (κ1) is 25.0. The van der Waals surface area contributed by atoms with Gasteiger partial charge in [-0.25, -0.2) is 4.79 Å². The molecule has 0 amide bonds. The van der Waals surface area contributed by atoms with E-state index in [0.29, 0.717) is 11.5 Å². The Morgan fingerprint density at radius 2 is 1.63 bits per heavy atom. The van der Waals surface area contributed by atoms with E-state index in [0.717, 1.165) is 30.5 Å². The van der Waals surface area contributed by atoms with Crippen molar-refractivity contribution in [3.05, 3.63) is 118 Å². The fourth-order valence-corrected chi connectivity index (χ4v) is 5.71. The Kier molecular flexibility index (Phi) is 7.59. The van der Waals surface area contributed by atoms with Gasteiger partial charge in [-0.15, -0.1) is 12.4 Å². The number of halogens is 1. The molecule has 0 spiro atoms. The quantitative estimate of drug-likeness (QED) is 0.301. The van der Waals surface area contributed by atoms with Gasteiger partial charge in [0, 0.05) is 12.0 Å². The molecule has 0 saturated carbocycles. The summed E-state index contributed by atoms with van der Waals surface area (Å²) < 4.78 is 0. The number of hydrogen-bond donors (Lipinski definition) is 2. The van der Waals surface area contributed by atoms with Crippen LogP contribution in [-0.2, 0) is 6.42 Å². The van der Waals surface area contributed by atoms with Crippen LogP contribution < -0.4 is 5.32 Å². The summed E-state index contributed by atoms with van der Waals surface area (Å²) in [6, 6.07) is 29.7. The number of carbonyl (C=O) groups is 1. The molecule has 0 aliphatic heterocycles. The second-order valence-corrected chi connectivity index (χ2v) is 9.58. The lowest BCUT2D eigenvalue weighted by Gasteiger charge is -2.34. The average Bonchev–Trinajstić information content (AvgIpc) is 2.86. The summed E-state index contributed by atoms with van der Waals surface area (Å²) >= 11 is 0. The fourth-order valence-electron chi connectivity index (χ4n) is 5.71. The smallest absolute Gasteiger partial charge is 0.335 e. The average molecular weight is 486 g/mol. The molecule has 0 saturated heterocycles. The first-order valence-electron chi connectivity index (χ1n) is 12.1. The molecule has 0 heterocycles. The van der Waals surface area contributed by atoms with Crippen molar-refractivity contribution in [2.24, 2.45) is 5.92 Å². The van der Waals surface area contributed by atoms with E-state index in [1.54, 1.807) is 6.07 Å². The summed E-state index contributed by atoms with van der Waals surface area (Å²) in [5.74, 6) is -0.167. The summed E-state index contributed by atoms with van der Waals surface area (Å²) in [5, 5.41) is 16.0. The highest BCUT2D eigenvalue weighted by atomic mass is 35.5. The van der Waals surface area contributed by atoms with E-state index in [9.17, 15) is 9.90 Å². The van der Waals surface area contributed by atoms with Crippen molar-refractivity contribution in [2.45, 2.75) is 38.6 Å². The lowest BCUT2D eigenvalue weighted by molar-refractivity contribution is 0.0696. The molecule has 0 radical (unpaired) electrons. The number of aromatic carboxylic acids is 1. The number of rotatable bonds is 6. The summed E-state index contributed by atoms with van der Waals surface area (Å²) in [4.78, 5) is 11.8. The van der Waals surface area contributed by atoms with Crippen molar-refractivity contribution in [3.8, 4) is 0 Å². The Morgan fingerprint density at radius 3 is 2.46 bits per heavy atom. The highest BCUT2D eigenvalue weighted by molar-refractivity contribution is 5.90. The minimum absolute atomic E-state index is 0. The molecular weight excluding hydrogens is 454 g/mol. The molecule has 3 atom stereocenters. The Bertz CT molecular complexity index is 1340. The van der Waals surface area contributed by atoms with E-state index in [1.807, 2.05) is 13.0 Å². The molecule has 2 N–H and O–H groups in total. The number of benzene rings is 4. The molecule has 180 valence electrons. The van der Waals surface area contributed by atoms with Gasteiger partial charge in [-0.05, 0) is 83.8 Å². The topological polar surface area (TPSA) is 49.3 Å². The van der Waals surface area contributed by atoms with Crippen molar-refractivity contribution in [1.29, 1.82) is 0 Å². The van der Waals surface area contributed by atoms with Crippen LogP contribution in [0.15, 0.2) is 84.9 Å². The molecule has 5 rings (SSSR count). The van der Waals surface area contributed by atoms with E-state index in [1.165, 1.54) is 27.5 Å². The third kappa shape index (κ3) is 4.98. The molecule has 3 nitrogen and oxygen atoms in total. The Hall–Kier alpha value is -3.14. The van der Waals surface area contributed by atoms with E-state index in [4.69, 9.17) is 0 Å². The molecule has 0 fully saturated rings. The molecular formula is C31H32ClNO2. The van der Waals surface area contributed by atoms with Gasteiger partial charge < -0.3 is 10.4 Å². The largest absolute Gasteiger partial charge is 0.478 e. The highest BCUT2D eigenvalue weighted by Crippen LogP contribution is 2.41. The summed E-state index contributed by atoms with van der Waals surface area (Å²) in [6.45, 7) is 5.12. The van der Waals surface area contributed by atoms with Gasteiger partial charge in [0.25, 0.3) is 0 Å². The lowest BCUT2D eigenvalue weighted by Crippen LogP contribution is -2.31. The fraction of sp³-hybridized carbons (Fsp3) is 0.258. The maximum absolute atomic E-state index is 11.8. The summed E-state index contributed by atoms with van der Waals surface area (Å²) in [6.07, 6.45) is 2.05. The molecule has 0 aromatic heterocycles. The lowest BCUT2D eigenvalue weighted by atomic mass is 9.72. The highest BCUT2D eigenvalue weighted by Gasteiger charge is 2.30. The van der Waals surface area contributed by atoms with Gasteiger partial charge in [-0.3, -0.25) is 0 Å². The van der Waals surface area contributed by atoms with Crippen LogP contribution in [0.25, 0.3) is 10.8 Å². The number of nitrogens with one attached hydrogen (secondary N) is 1. The molecule has 1 aliphatic rings. The number of hydrogen-bond acceptors (Lipinski definition) is 2. The molecule has 4 aromatic rings. The van der Waals surface area contributed by atoms with Crippen molar-refractivity contribution < 1.29 is 9.90 Å².